The zero-order valence-electron chi connectivity index (χ0n) is 9.42. The Bertz CT molecular complexity index is 184. The molecule has 1 saturated carbocycles. The summed E-state index contributed by atoms with van der Waals surface area (Å²) in [7, 11) is -0.643. The standard InChI is InChI=1S/C11H23NOS/c1-10-5-3-4-6-11(10)9-12-7-8-14(2)13/h10-12H,3-9H2,1-2H3. The molecule has 1 fully saturated rings. The molecule has 3 atom stereocenters. The summed E-state index contributed by atoms with van der Waals surface area (Å²) < 4.78 is 10.8. The fourth-order valence-corrected chi connectivity index (χ4v) is 2.63. The highest BCUT2D eigenvalue weighted by atomic mass is 32.2. The fourth-order valence-electron chi connectivity index (χ4n) is 2.20. The molecule has 1 N–H and O–H groups in total. The van der Waals surface area contributed by atoms with Gasteiger partial charge in [-0.1, -0.05) is 26.2 Å². The normalized spacial score (nSPS) is 30.1. The van der Waals surface area contributed by atoms with Crippen LogP contribution >= 0.6 is 0 Å². The van der Waals surface area contributed by atoms with Crippen LogP contribution in [0.15, 0.2) is 0 Å². The van der Waals surface area contributed by atoms with E-state index in [4.69, 9.17) is 0 Å². The van der Waals surface area contributed by atoms with Crippen molar-refractivity contribution in [3.05, 3.63) is 0 Å². The maximum Gasteiger partial charge on any atom is 0.0357 e. The van der Waals surface area contributed by atoms with Crippen LogP contribution in [0, 0.1) is 11.8 Å². The van der Waals surface area contributed by atoms with E-state index in [0.29, 0.717) is 0 Å². The highest BCUT2D eigenvalue weighted by molar-refractivity contribution is 7.84. The predicted molar refractivity (Wildman–Crippen MR) is 62.9 cm³/mol. The van der Waals surface area contributed by atoms with Crippen LogP contribution in [0.5, 0.6) is 0 Å². The lowest BCUT2D eigenvalue weighted by atomic mass is 9.80. The van der Waals surface area contributed by atoms with Crippen molar-refractivity contribution in [2.24, 2.45) is 11.8 Å². The van der Waals surface area contributed by atoms with E-state index in [9.17, 15) is 4.21 Å². The second-order valence-electron chi connectivity index (χ2n) is 4.50. The first-order chi connectivity index (χ1) is 6.70. The van der Waals surface area contributed by atoms with Gasteiger partial charge < -0.3 is 5.32 Å². The summed E-state index contributed by atoms with van der Waals surface area (Å²) in [6, 6.07) is 0. The van der Waals surface area contributed by atoms with Crippen LogP contribution in [0.3, 0.4) is 0 Å². The van der Waals surface area contributed by atoms with Crippen molar-refractivity contribution in [2.75, 3.05) is 25.1 Å². The Labute approximate surface area is 90.3 Å². The Morgan fingerprint density at radius 2 is 2.07 bits per heavy atom. The molecule has 0 aromatic rings. The quantitative estimate of drug-likeness (QED) is 0.711. The molecule has 0 saturated heterocycles. The molecule has 0 amide bonds. The topological polar surface area (TPSA) is 29.1 Å². The maximum absolute atomic E-state index is 10.8. The summed E-state index contributed by atoms with van der Waals surface area (Å²) in [4.78, 5) is 0. The summed E-state index contributed by atoms with van der Waals surface area (Å²) in [6.45, 7) is 4.40. The highest BCUT2D eigenvalue weighted by Gasteiger charge is 2.20. The van der Waals surface area contributed by atoms with E-state index in [1.807, 2.05) is 0 Å². The summed E-state index contributed by atoms with van der Waals surface area (Å²) in [6.07, 6.45) is 7.35. The van der Waals surface area contributed by atoms with E-state index >= 15 is 0 Å². The molecule has 2 nitrogen and oxygen atoms in total. The molecule has 0 heterocycles. The van der Waals surface area contributed by atoms with E-state index in [0.717, 1.165) is 30.7 Å². The van der Waals surface area contributed by atoms with Gasteiger partial charge in [-0.15, -0.1) is 0 Å². The molecular formula is C11H23NOS. The molecule has 1 aliphatic rings. The van der Waals surface area contributed by atoms with E-state index in [-0.39, 0.29) is 0 Å². The lowest BCUT2D eigenvalue weighted by Crippen LogP contribution is -2.31. The Morgan fingerprint density at radius 1 is 1.36 bits per heavy atom. The lowest BCUT2D eigenvalue weighted by molar-refractivity contribution is 0.249. The molecule has 0 radical (unpaired) electrons. The summed E-state index contributed by atoms with van der Waals surface area (Å²) in [5.41, 5.74) is 0. The molecule has 1 aliphatic carbocycles. The van der Waals surface area contributed by atoms with Crippen LogP contribution in [0.2, 0.25) is 0 Å². The first-order valence-electron chi connectivity index (χ1n) is 5.71. The molecule has 0 spiro atoms. The van der Waals surface area contributed by atoms with E-state index in [2.05, 4.69) is 12.2 Å². The minimum atomic E-state index is -0.643. The van der Waals surface area contributed by atoms with Gasteiger partial charge in [0.1, 0.15) is 0 Å². The average molecular weight is 217 g/mol. The van der Waals surface area contributed by atoms with Crippen molar-refractivity contribution in [3.8, 4) is 0 Å². The Balaban J connectivity index is 2.07. The second kappa shape index (κ2) is 6.57. The van der Waals surface area contributed by atoms with Crippen molar-refractivity contribution in [1.82, 2.24) is 5.32 Å². The van der Waals surface area contributed by atoms with Crippen molar-refractivity contribution in [2.45, 2.75) is 32.6 Å². The van der Waals surface area contributed by atoms with Gasteiger partial charge in [0.15, 0.2) is 0 Å². The van der Waals surface area contributed by atoms with Crippen LogP contribution in [0.1, 0.15) is 32.6 Å². The molecule has 0 aliphatic heterocycles. The number of rotatable bonds is 5. The lowest BCUT2D eigenvalue weighted by Gasteiger charge is -2.28. The van der Waals surface area contributed by atoms with Gasteiger partial charge in [-0.3, -0.25) is 4.21 Å². The van der Waals surface area contributed by atoms with Crippen LogP contribution in [-0.2, 0) is 10.8 Å². The SMILES string of the molecule is CC1CCCCC1CNCCS(C)=O. The molecular weight excluding hydrogens is 194 g/mol. The van der Waals surface area contributed by atoms with Gasteiger partial charge in [-0.2, -0.15) is 0 Å². The van der Waals surface area contributed by atoms with Crippen LogP contribution in [-0.4, -0.2) is 29.3 Å². The summed E-state index contributed by atoms with van der Waals surface area (Å²) in [5, 5.41) is 3.42. The zero-order chi connectivity index (χ0) is 10.4. The van der Waals surface area contributed by atoms with Crippen molar-refractivity contribution in [3.63, 3.8) is 0 Å². The first-order valence-corrected chi connectivity index (χ1v) is 7.43. The second-order valence-corrected chi connectivity index (χ2v) is 6.06. The smallest absolute Gasteiger partial charge is 0.0357 e. The molecule has 0 aromatic carbocycles. The summed E-state index contributed by atoms with van der Waals surface area (Å²) in [5.74, 6) is 2.53. The largest absolute Gasteiger partial charge is 0.316 e. The molecule has 3 unspecified atom stereocenters. The van der Waals surface area contributed by atoms with Gasteiger partial charge in [-0.05, 0) is 24.8 Å². The third-order valence-corrected chi connectivity index (χ3v) is 4.04. The van der Waals surface area contributed by atoms with Crippen LogP contribution in [0.25, 0.3) is 0 Å². The average Bonchev–Trinajstić information content (AvgIpc) is 2.15. The minimum absolute atomic E-state index is 0.643. The van der Waals surface area contributed by atoms with Crippen LogP contribution in [0.4, 0.5) is 0 Å². The molecule has 1 rings (SSSR count). The van der Waals surface area contributed by atoms with Gasteiger partial charge >= 0.3 is 0 Å². The van der Waals surface area contributed by atoms with Crippen molar-refractivity contribution < 1.29 is 4.21 Å². The Hall–Kier alpha value is 0.110. The van der Waals surface area contributed by atoms with Gasteiger partial charge in [0.05, 0.1) is 0 Å². The predicted octanol–water partition coefficient (Wildman–Crippen LogP) is 1.78. The number of nitrogens with one attached hydrogen (secondary N) is 1. The van der Waals surface area contributed by atoms with E-state index in [1.54, 1.807) is 6.26 Å². The molecule has 3 heteroatoms. The number of hydrogen-bond donors (Lipinski definition) is 1. The van der Waals surface area contributed by atoms with Crippen molar-refractivity contribution in [1.29, 1.82) is 0 Å². The Morgan fingerprint density at radius 3 is 2.71 bits per heavy atom. The van der Waals surface area contributed by atoms with Gasteiger partial charge in [-0.25, -0.2) is 0 Å². The number of hydrogen-bond acceptors (Lipinski definition) is 2. The van der Waals surface area contributed by atoms with E-state index in [1.165, 1.54) is 25.7 Å². The minimum Gasteiger partial charge on any atom is -0.316 e. The highest BCUT2D eigenvalue weighted by Crippen LogP contribution is 2.28. The molecule has 0 aromatic heterocycles. The molecule has 84 valence electrons. The monoisotopic (exact) mass is 217 g/mol. The zero-order valence-corrected chi connectivity index (χ0v) is 10.2. The van der Waals surface area contributed by atoms with Crippen molar-refractivity contribution >= 4 is 10.8 Å². The Kier molecular flexibility index (Phi) is 5.71. The van der Waals surface area contributed by atoms with Gasteiger partial charge in [0.25, 0.3) is 0 Å². The van der Waals surface area contributed by atoms with Gasteiger partial charge in [0, 0.05) is 29.4 Å². The van der Waals surface area contributed by atoms with E-state index < -0.39 is 10.8 Å². The third-order valence-electron chi connectivity index (χ3n) is 3.26. The van der Waals surface area contributed by atoms with Crippen LogP contribution < -0.4 is 5.32 Å². The molecule has 14 heavy (non-hydrogen) atoms. The van der Waals surface area contributed by atoms with Gasteiger partial charge in [0.2, 0.25) is 0 Å². The fraction of sp³-hybridized carbons (Fsp3) is 1.00. The maximum atomic E-state index is 10.8. The third kappa shape index (κ3) is 4.56. The summed E-state index contributed by atoms with van der Waals surface area (Å²) >= 11 is 0. The molecule has 0 bridgehead atoms. The first kappa shape index (κ1) is 12.2.